The molecule has 2 aliphatic carbocycles. The third-order valence-electron chi connectivity index (χ3n) is 4.17. The number of hydrogen-bond acceptors (Lipinski definition) is 2. The van der Waals surface area contributed by atoms with E-state index >= 15 is 0 Å². The molecule has 2 fully saturated rings. The summed E-state index contributed by atoms with van der Waals surface area (Å²) in [4.78, 5) is 4.60. The summed E-state index contributed by atoms with van der Waals surface area (Å²) >= 11 is 0. The van der Waals surface area contributed by atoms with Gasteiger partial charge in [-0.25, -0.2) is 4.99 Å². The molecule has 0 heterocycles. The molecule has 4 heteroatoms. The molecule has 0 amide bonds. The van der Waals surface area contributed by atoms with Gasteiger partial charge in [0, 0.05) is 18.1 Å². The Bertz CT molecular complexity index is 310. The maximum atomic E-state index is 5.91. The Labute approximate surface area is 110 Å². The second-order valence-corrected chi connectivity index (χ2v) is 6.22. The molecule has 0 saturated heterocycles. The number of nitrogens with one attached hydrogen (secondary N) is 1. The molecule has 2 rings (SSSR count). The van der Waals surface area contributed by atoms with Crippen LogP contribution in [-0.4, -0.2) is 30.8 Å². The van der Waals surface area contributed by atoms with Crippen LogP contribution >= 0.6 is 0 Å². The fourth-order valence-electron chi connectivity index (χ4n) is 2.38. The molecule has 0 bridgehead atoms. The van der Waals surface area contributed by atoms with Crippen LogP contribution in [0.5, 0.6) is 0 Å². The van der Waals surface area contributed by atoms with Crippen LogP contribution in [0.3, 0.4) is 0 Å². The molecular weight excluding hydrogens is 226 g/mol. The first-order valence-corrected chi connectivity index (χ1v) is 7.25. The van der Waals surface area contributed by atoms with E-state index in [0.29, 0.717) is 24.1 Å². The van der Waals surface area contributed by atoms with Gasteiger partial charge in [-0.15, -0.1) is 0 Å². The number of rotatable bonds is 6. The molecule has 0 unspecified atom stereocenters. The Morgan fingerprint density at radius 1 is 1.44 bits per heavy atom. The van der Waals surface area contributed by atoms with E-state index in [1.54, 1.807) is 0 Å². The summed E-state index contributed by atoms with van der Waals surface area (Å²) in [5.74, 6) is 0.614. The van der Waals surface area contributed by atoms with E-state index in [0.717, 1.165) is 19.4 Å². The molecule has 104 valence electrons. The van der Waals surface area contributed by atoms with Crippen LogP contribution < -0.4 is 11.1 Å². The van der Waals surface area contributed by atoms with Gasteiger partial charge < -0.3 is 15.8 Å². The zero-order chi connectivity index (χ0) is 13.2. The van der Waals surface area contributed by atoms with E-state index in [1.807, 2.05) is 0 Å². The largest absolute Gasteiger partial charge is 0.377 e. The highest BCUT2D eigenvalue weighted by molar-refractivity contribution is 5.78. The van der Waals surface area contributed by atoms with Crippen LogP contribution in [0.1, 0.15) is 52.9 Å². The Kier molecular flexibility index (Phi) is 4.15. The average Bonchev–Trinajstić information content (AvgIpc) is 3.11. The van der Waals surface area contributed by atoms with Gasteiger partial charge in [-0.1, -0.05) is 27.2 Å². The summed E-state index contributed by atoms with van der Waals surface area (Å²) in [5, 5.41) is 3.24. The van der Waals surface area contributed by atoms with Crippen molar-refractivity contribution in [3.8, 4) is 0 Å². The maximum Gasteiger partial charge on any atom is 0.189 e. The van der Waals surface area contributed by atoms with Crippen LogP contribution in [-0.2, 0) is 4.74 Å². The summed E-state index contributed by atoms with van der Waals surface area (Å²) in [5.41, 5.74) is 6.03. The van der Waals surface area contributed by atoms with Crippen LogP contribution in [0, 0.1) is 5.41 Å². The van der Waals surface area contributed by atoms with Gasteiger partial charge >= 0.3 is 0 Å². The lowest BCUT2D eigenvalue weighted by Gasteiger charge is -2.49. The summed E-state index contributed by atoms with van der Waals surface area (Å²) in [6, 6.07) is 0.879. The van der Waals surface area contributed by atoms with Gasteiger partial charge in [0.1, 0.15) is 0 Å². The lowest BCUT2D eigenvalue weighted by molar-refractivity contribution is -0.107. The first-order valence-electron chi connectivity index (χ1n) is 7.25. The molecule has 0 spiro atoms. The lowest BCUT2D eigenvalue weighted by Crippen LogP contribution is -2.55. The number of nitrogens with zero attached hydrogens (tertiary/aromatic N) is 1. The fraction of sp³-hybridized carbons (Fsp3) is 0.929. The van der Waals surface area contributed by atoms with Gasteiger partial charge in [0.05, 0.1) is 12.1 Å². The Morgan fingerprint density at radius 2 is 2.17 bits per heavy atom. The molecule has 0 aromatic rings. The molecule has 0 aromatic carbocycles. The predicted molar refractivity (Wildman–Crippen MR) is 74.6 cm³/mol. The summed E-state index contributed by atoms with van der Waals surface area (Å²) in [6.07, 6.45) is 6.13. The third-order valence-corrected chi connectivity index (χ3v) is 4.17. The molecular formula is C14H27N3O. The topological polar surface area (TPSA) is 59.6 Å². The van der Waals surface area contributed by atoms with Gasteiger partial charge in [-0.05, 0) is 25.7 Å². The first-order chi connectivity index (χ1) is 8.54. The normalized spacial score (nSPS) is 30.9. The van der Waals surface area contributed by atoms with Crippen LogP contribution in [0.2, 0.25) is 0 Å². The number of ether oxygens (including phenoxy) is 1. The van der Waals surface area contributed by atoms with Crippen molar-refractivity contribution in [3.63, 3.8) is 0 Å². The molecule has 3 N–H and O–H groups in total. The molecule has 2 aliphatic rings. The minimum Gasteiger partial charge on any atom is -0.377 e. The predicted octanol–water partition coefficient (Wildman–Crippen LogP) is 2.04. The lowest BCUT2D eigenvalue weighted by atomic mass is 9.65. The van der Waals surface area contributed by atoms with Crippen LogP contribution in [0.25, 0.3) is 0 Å². The van der Waals surface area contributed by atoms with Crippen molar-refractivity contribution in [2.24, 2.45) is 16.1 Å². The second-order valence-electron chi connectivity index (χ2n) is 6.22. The zero-order valence-electron chi connectivity index (χ0n) is 11.9. The number of hydrogen-bond donors (Lipinski definition) is 2. The van der Waals surface area contributed by atoms with Crippen molar-refractivity contribution >= 4 is 5.96 Å². The SMILES string of the molecule is CCCCO[C@H]1C[C@H](N=C(N)NC2CC2)C1(C)C. The first kappa shape index (κ1) is 13.7. The van der Waals surface area contributed by atoms with Crippen LogP contribution in [0.4, 0.5) is 0 Å². The summed E-state index contributed by atoms with van der Waals surface area (Å²) in [6.45, 7) is 7.51. The maximum absolute atomic E-state index is 5.91. The Morgan fingerprint density at radius 3 is 2.72 bits per heavy atom. The molecule has 18 heavy (non-hydrogen) atoms. The van der Waals surface area contributed by atoms with Crippen molar-refractivity contribution < 1.29 is 4.74 Å². The van der Waals surface area contributed by atoms with Crippen molar-refractivity contribution in [3.05, 3.63) is 0 Å². The van der Waals surface area contributed by atoms with Gasteiger partial charge in [-0.3, -0.25) is 0 Å². The molecule has 0 aromatic heterocycles. The smallest absolute Gasteiger partial charge is 0.189 e. The van der Waals surface area contributed by atoms with Gasteiger partial charge in [-0.2, -0.15) is 0 Å². The standard InChI is InChI=1S/C14H27N3O/c1-4-5-8-18-12-9-11(14(12,2)3)17-13(15)16-10-6-7-10/h10-12H,4-9H2,1-3H3,(H3,15,16,17)/t11-,12-/m0/s1. The van der Waals surface area contributed by atoms with Crippen molar-refractivity contribution in [1.82, 2.24) is 5.32 Å². The molecule has 2 atom stereocenters. The van der Waals surface area contributed by atoms with E-state index in [1.165, 1.54) is 19.3 Å². The van der Waals surface area contributed by atoms with Gasteiger partial charge in [0.15, 0.2) is 5.96 Å². The van der Waals surface area contributed by atoms with E-state index in [4.69, 9.17) is 10.5 Å². The van der Waals surface area contributed by atoms with E-state index < -0.39 is 0 Å². The summed E-state index contributed by atoms with van der Waals surface area (Å²) in [7, 11) is 0. The van der Waals surface area contributed by atoms with Crippen molar-refractivity contribution in [2.45, 2.75) is 71.1 Å². The zero-order valence-corrected chi connectivity index (χ0v) is 11.9. The van der Waals surface area contributed by atoms with Crippen LogP contribution in [0.15, 0.2) is 4.99 Å². The van der Waals surface area contributed by atoms with E-state index in [-0.39, 0.29) is 5.41 Å². The molecule has 0 radical (unpaired) electrons. The van der Waals surface area contributed by atoms with Gasteiger partial charge in [0.25, 0.3) is 0 Å². The highest BCUT2D eigenvalue weighted by Crippen LogP contribution is 2.44. The number of unbranched alkanes of at least 4 members (excludes halogenated alkanes) is 1. The molecule has 4 nitrogen and oxygen atoms in total. The minimum atomic E-state index is 0.115. The highest BCUT2D eigenvalue weighted by atomic mass is 16.5. The van der Waals surface area contributed by atoms with E-state index in [2.05, 4.69) is 31.1 Å². The fourth-order valence-corrected chi connectivity index (χ4v) is 2.38. The van der Waals surface area contributed by atoms with Crippen molar-refractivity contribution in [2.75, 3.05) is 6.61 Å². The third kappa shape index (κ3) is 3.16. The molecule has 0 aliphatic heterocycles. The second kappa shape index (κ2) is 5.47. The quantitative estimate of drug-likeness (QED) is 0.432. The monoisotopic (exact) mass is 253 g/mol. The number of nitrogens with two attached hydrogens (primary N) is 1. The number of guanidine groups is 1. The van der Waals surface area contributed by atoms with Crippen molar-refractivity contribution in [1.29, 1.82) is 0 Å². The number of aliphatic imine (C=N–C) groups is 1. The van der Waals surface area contributed by atoms with E-state index in [9.17, 15) is 0 Å². The molecule has 2 saturated carbocycles. The highest BCUT2D eigenvalue weighted by Gasteiger charge is 2.49. The summed E-state index contributed by atoms with van der Waals surface area (Å²) < 4.78 is 5.91. The Hall–Kier alpha value is -0.770. The van der Waals surface area contributed by atoms with Gasteiger partial charge in [0.2, 0.25) is 0 Å². The Balaban J connectivity index is 1.78. The minimum absolute atomic E-state index is 0.115. The average molecular weight is 253 g/mol.